The zero-order valence-electron chi connectivity index (χ0n) is 9.99. The average molecular weight is 323 g/mol. The zero-order valence-corrected chi connectivity index (χ0v) is 11.6. The zero-order chi connectivity index (χ0) is 13.8. The normalized spacial score (nSPS) is 10.3. The summed E-state index contributed by atoms with van der Waals surface area (Å²) in [7, 11) is 0. The number of amides is 1. The molecule has 0 bridgehead atoms. The molecule has 0 fully saturated rings. The Morgan fingerprint density at radius 2 is 2.00 bits per heavy atom. The van der Waals surface area contributed by atoms with Crippen LogP contribution in [0.15, 0.2) is 46.9 Å². The van der Waals surface area contributed by atoms with E-state index in [1.54, 1.807) is 18.2 Å². The number of carbonyl (C=O) groups is 1. The molecule has 1 amide bonds. The van der Waals surface area contributed by atoms with E-state index in [2.05, 4.69) is 21.2 Å². The number of anilines is 1. The molecule has 3 nitrogen and oxygen atoms in total. The molecule has 0 aromatic heterocycles. The molecular weight excluding hydrogens is 311 g/mol. The highest BCUT2D eigenvalue weighted by molar-refractivity contribution is 9.10. The third kappa shape index (κ3) is 3.19. The Morgan fingerprint density at radius 3 is 2.74 bits per heavy atom. The van der Waals surface area contributed by atoms with Gasteiger partial charge in [-0.05, 0) is 29.8 Å². The first-order chi connectivity index (χ1) is 9.11. The van der Waals surface area contributed by atoms with Crippen LogP contribution in [0.2, 0.25) is 0 Å². The maximum atomic E-state index is 13.6. The quantitative estimate of drug-likeness (QED) is 0.911. The van der Waals surface area contributed by atoms with E-state index in [9.17, 15) is 9.18 Å². The Bertz CT molecular complexity index is 616. The predicted molar refractivity (Wildman–Crippen MR) is 76.4 cm³/mol. The molecule has 2 aromatic rings. The smallest absolute Gasteiger partial charge is 0.258 e. The minimum Gasteiger partial charge on any atom is -0.326 e. The van der Waals surface area contributed by atoms with Crippen LogP contribution < -0.4 is 11.1 Å². The van der Waals surface area contributed by atoms with Gasteiger partial charge in [-0.15, -0.1) is 0 Å². The van der Waals surface area contributed by atoms with Gasteiger partial charge >= 0.3 is 0 Å². The number of benzene rings is 2. The lowest BCUT2D eigenvalue weighted by Crippen LogP contribution is -2.15. The van der Waals surface area contributed by atoms with Gasteiger partial charge in [0, 0.05) is 16.7 Å². The van der Waals surface area contributed by atoms with Crippen molar-refractivity contribution in [2.75, 3.05) is 5.32 Å². The summed E-state index contributed by atoms with van der Waals surface area (Å²) in [5.74, 6) is -1.06. The minimum atomic E-state index is -0.564. The van der Waals surface area contributed by atoms with E-state index in [0.29, 0.717) is 16.7 Å². The lowest BCUT2D eigenvalue weighted by Gasteiger charge is -2.10. The van der Waals surface area contributed by atoms with Crippen molar-refractivity contribution in [1.82, 2.24) is 0 Å². The molecule has 0 atom stereocenters. The molecule has 3 N–H and O–H groups in total. The molecule has 0 unspecified atom stereocenters. The number of hydrogen-bond donors (Lipinski definition) is 2. The fraction of sp³-hybridized carbons (Fsp3) is 0.0714. The fourth-order valence-electron chi connectivity index (χ4n) is 1.68. The van der Waals surface area contributed by atoms with Crippen LogP contribution in [0.5, 0.6) is 0 Å². The molecule has 0 saturated heterocycles. The molecule has 0 saturated carbocycles. The second-order valence-electron chi connectivity index (χ2n) is 3.94. The Kier molecular flexibility index (Phi) is 4.29. The third-order valence-corrected chi connectivity index (χ3v) is 3.15. The standard InChI is InChI=1S/C14H12BrFN2O/c15-10-5-6-12(16)11(7-10)14(19)18-13-4-2-1-3-9(13)8-17/h1-7H,8,17H2,(H,18,19). The predicted octanol–water partition coefficient (Wildman–Crippen LogP) is 3.30. The van der Waals surface area contributed by atoms with Gasteiger partial charge < -0.3 is 11.1 Å². The Labute approximate surface area is 118 Å². The molecule has 0 spiro atoms. The van der Waals surface area contributed by atoms with Gasteiger partial charge in [0.25, 0.3) is 5.91 Å². The van der Waals surface area contributed by atoms with Crippen LogP contribution >= 0.6 is 15.9 Å². The van der Waals surface area contributed by atoms with Crippen LogP contribution in [0.1, 0.15) is 15.9 Å². The van der Waals surface area contributed by atoms with E-state index < -0.39 is 11.7 Å². The van der Waals surface area contributed by atoms with Crippen molar-refractivity contribution >= 4 is 27.5 Å². The number of nitrogens with two attached hydrogens (primary N) is 1. The molecule has 2 aromatic carbocycles. The van der Waals surface area contributed by atoms with Crippen molar-refractivity contribution in [3.8, 4) is 0 Å². The lowest BCUT2D eigenvalue weighted by atomic mass is 10.1. The summed E-state index contributed by atoms with van der Waals surface area (Å²) < 4.78 is 14.2. The van der Waals surface area contributed by atoms with Crippen molar-refractivity contribution < 1.29 is 9.18 Å². The maximum absolute atomic E-state index is 13.6. The van der Waals surface area contributed by atoms with Gasteiger partial charge in [0.2, 0.25) is 0 Å². The molecule has 0 aliphatic rings. The molecule has 0 aliphatic heterocycles. The van der Waals surface area contributed by atoms with Crippen molar-refractivity contribution in [3.05, 3.63) is 63.9 Å². The summed E-state index contributed by atoms with van der Waals surface area (Å²) in [4.78, 5) is 12.0. The average Bonchev–Trinajstić information content (AvgIpc) is 2.42. The van der Waals surface area contributed by atoms with Crippen LogP contribution in [0.25, 0.3) is 0 Å². The highest BCUT2D eigenvalue weighted by Crippen LogP contribution is 2.19. The van der Waals surface area contributed by atoms with Crippen molar-refractivity contribution in [2.45, 2.75) is 6.54 Å². The van der Waals surface area contributed by atoms with E-state index in [1.165, 1.54) is 12.1 Å². The number of nitrogens with one attached hydrogen (secondary N) is 1. The van der Waals surface area contributed by atoms with Gasteiger partial charge in [-0.25, -0.2) is 4.39 Å². The Morgan fingerprint density at radius 1 is 1.26 bits per heavy atom. The first-order valence-corrected chi connectivity index (χ1v) is 6.45. The fourth-order valence-corrected chi connectivity index (χ4v) is 2.04. The third-order valence-electron chi connectivity index (χ3n) is 2.66. The van der Waals surface area contributed by atoms with E-state index >= 15 is 0 Å². The Balaban J connectivity index is 2.28. The summed E-state index contributed by atoms with van der Waals surface area (Å²) in [6.07, 6.45) is 0. The minimum absolute atomic E-state index is 0.0128. The van der Waals surface area contributed by atoms with E-state index in [1.807, 2.05) is 12.1 Å². The van der Waals surface area contributed by atoms with Crippen LogP contribution in [-0.4, -0.2) is 5.91 Å². The number of halogens is 2. The number of rotatable bonds is 3. The Hall–Kier alpha value is -1.72. The largest absolute Gasteiger partial charge is 0.326 e. The van der Waals surface area contributed by atoms with E-state index in [4.69, 9.17) is 5.73 Å². The number of carbonyl (C=O) groups excluding carboxylic acids is 1. The molecule has 2 rings (SSSR count). The monoisotopic (exact) mass is 322 g/mol. The van der Waals surface area contributed by atoms with Crippen LogP contribution in [0.3, 0.4) is 0 Å². The van der Waals surface area contributed by atoms with Gasteiger partial charge in [0.15, 0.2) is 0 Å². The summed E-state index contributed by atoms with van der Waals surface area (Å²) in [6.45, 7) is 0.303. The molecule has 98 valence electrons. The van der Waals surface area contributed by atoms with Crippen LogP contribution in [0.4, 0.5) is 10.1 Å². The van der Waals surface area contributed by atoms with Crippen LogP contribution in [0, 0.1) is 5.82 Å². The second kappa shape index (κ2) is 5.95. The van der Waals surface area contributed by atoms with Gasteiger partial charge in [-0.1, -0.05) is 34.1 Å². The highest BCUT2D eigenvalue weighted by atomic mass is 79.9. The van der Waals surface area contributed by atoms with Gasteiger partial charge in [-0.3, -0.25) is 4.79 Å². The molecule has 5 heteroatoms. The molecular formula is C14H12BrFN2O. The summed E-state index contributed by atoms with van der Waals surface area (Å²) in [5.41, 5.74) is 6.96. The summed E-state index contributed by atoms with van der Waals surface area (Å²) in [5, 5.41) is 2.67. The van der Waals surface area contributed by atoms with E-state index in [0.717, 1.165) is 5.56 Å². The molecule has 19 heavy (non-hydrogen) atoms. The molecule has 0 radical (unpaired) electrons. The molecule has 0 heterocycles. The van der Waals surface area contributed by atoms with Crippen LogP contribution in [-0.2, 0) is 6.54 Å². The topological polar surface area (TPSA) is 55.1 Å². The number of hydrogen-bond acceptors (Lipinski definition) is 2. The summed E-state index contributed by atoms with van der Waals surface area (Å²) in [6, 6.07) is 11.4. The van der Waals surface area contributed by atoms with E-state index in [-0.39, 0.29) is 5.56 Å². The summed E-state index contributed by atoms with van der Waals surface area (Å²) >= 11 is 3.21. The van der Waals surface area contributed by atoms with Gasteiger partial charge in [0.1, 0.15) is 5.82 Å². The first-order valence-electron chi connectivity index (χ1n) is 5.66. The first kappa shape index (κ1) is 13.7. The van der Waals surface area contributed by atoms with Gasteiger partial charge in [0.05, 0.1) is 5.56 Å². The number of para-hydroxylation sites is 1. The maximum Gasteiger partial charge on any atom is 0.258 e. The van der Waals surface area contributed by atoms with Crippen molar-refractivity contribution in [3.63, 3.8) is 0 Å². The van der Waals surface area contributed by atoms with Crippen molar-refractivity contribution in [2.24, 2.45) is 5.73 Å². The highest BCUT2D eigenvalue weighted by Gasteiger charge is 2.13. The second-order valence-corrected chi connectivity index (χ2v) is 4.86. The van der Waals surface area contributed by atoms with Crippen molar-refractivity contribution in [1.29, 1.82) is 0 Å². The SMILES string of the molecule is NCc1ccccc1NC(=O)c1cc(Br)ccc1F. The molecule has 0 aliphatic carbocycles. The lowest BCUT2D eigenvalue weighted by molar-refractivity contribution is 0.102. The van der Waals surface area contributed by atoms with Gasteiger partial charge in [-0.2, -0.15) is 0 Å².